The standard InChI is InChI=1S/C22H21N5OS/c1-2-26-14-15(13-24-26)19-12-17(16-6-3-4-7-18(16)25-19)22(28)27-10-5-8-20(27)21-23-9-11-29-21/h3-4,6-7,9,11-14,20H,2,5,8,10H2,1H3/t20-/m1/s1. The fourth-order valence-electron chi connectivity index (χ4n) is 3.99. The maximum atomic E-state index is 13.7. The van der Waals surface area contributed by atoms with Crippen molar-refractivity contribution in [1.82, 2.24) is 24.6 Å². The third-order valence-corrected chi connectivity index (χ3v) is 6.33. The molecule has 0 aliphatic carbocycles. The monoisotopic (exact) mass is 403 g/mol. The molecule has 0 unspecified atom stereocenters. The van der Waals surface area contributed by atoms with E-state index in [2.05, 4.69) is 10.1 Å². The van der Waals surface area contributed by atoms with E-state index in [9.17, 15) is 4.79 Å². The van der Waals surface area contributed by atoms with Crippen LogP contribution in [0.15, 0.2) is 54.3 Å². The molecule has 1 fully saturated rings. The SMILES string of the molecule is CCn1cc(-c2cc(C(=O)N3CCC[C@@H]3c3nccs3)c3ccccc3n2)cn1. The highest BCUT2D eigenvalue weighted by Crippen LogP contribution is 2.35. The van der Waals surface area contributed by atoms with Crippen LogP contribution in [0.5, 0.6) is 0 Å². The number of rotatable bonds is 4. The van der Waals surface area contributed by atoms with Crippen LogP contribution >= 0.6 is 11.3 Å². The molecular weight excluding hydrogens is 382 g/mol. The van der Waals surface area contributed by atoms with E-state index in [0.29, 0.717) is 5.56 Å². The quantitative estimate of drug-likeness (QED) is 0.501. The van der Waals surface area contributed by atoms with Gasteiger partial charge in [0, 0.05) is 41.8 Å². The Morgan fingerprint density at radius 2 is 2.21 bits per heavy atom. The van der Waals surface area contributed by atoms with Gasteiger partial charge in [0.2, 0.25) is 0 Å². The molecule has 146 valence electrons. The number of hydrogen-bond donors (Lipinski definition) is 0. The minimum Gasteiger partial charge on any atom is -0.329 e. The molecule has 4 heterocycles. The minimum atomic E-state index is 0.0467. The number of amides is 1. The molecule has 1 aliphatic heterocycles. The first-order valence-corrected chi connectivity index (χ1v) is 10.8. The van der Waals surface area contributed by atoms with Crippen LogP contribution in [0, 0.1) is 0 Å². The van der Waals surface area contributed by atoms with Crippen LogP contribution in [-0.2, 0) is 6.54 Å². The molecule has 1 aliphatic rings. The first-order chi connectivity index (χ1) is 14.2. The van der Waals surface area contributed by atoms with E-state index in [1.165, 1.54) is 0 Å². The molecule has 7 heteroatoms. The highest BCUT2D eigenvalue weighted by atomic mass is 32.1. The predicted molar refractivity (Wildman–Crippen MR) is 114 cm³/mol. The van der Waals surface area contributed by atoms with Crippen molar-refractivity contribution in [2.24, 2.45) is 0 Å². The second-order valence-corrected chi connectivity index (χ2v) is 8.11. The van der Waals surface area contributed by atoms with Gasteiger partial charge in [0.15, 0.2) is 0 Å². The lowest BCUT2D eigenvalue weighted by Crippen LogP contribution is -2.30. The molecule has 4 aromatic rings. The van der Waals surface area contributed by atoms with Crippen LogP contribution in [0.25, 0.3) is 22.2 Å². The highest BCUT2D eigenvalue weighted by Gasteiger charge is 2.33. The fraction of sp³-hybridized carbons (Fsp3) is 0.273. The Morgan fingerprint density at radius 1 is 1.31 bits per heavy atom. The second-order valence-electron chi connectivity index (χ2n) is 7.18. The van der Waals surface area contributed by atoms with Gasteiger partial charge in [-0.3, -0.25) is 9.48 Å². The van der Waals surface area contributed by atoms with E-state index in [1.54, 1.807) is 11.3 Å². The average Bonchev–Trinajstić information content (AvgIpc) is 3.53. The van der Waals surface area contributed by atoms with Crippen molar-refractivity contribution in [2.45, 2.75) is 32.4 Å². The zero-order chi connectivity index (χ0) is 19.8. The van der Waals surface area contributed by atoms with Gasteiger partial charge in [0.05, 0.1) is 29.0 Å². The molecule has 0 saturated carbocycles. The second kappa shape index (κ2) is 7.40. The number of carbonyl (C=O) groups excluding carboxylic acids is 1. The number of benzene rings is 1. The van der Waals surface area contributed by atoms with Crippen molar-refractivity contribution < 1.29 is 4.79 Å². The van der Waals surface area contributed by atoms with E-state index >= 15 is 0 Å². The summed E-state index contributed by atoms with van der Waals surface area (Å²) in [6, 6.07) is 9.82. The summed E-state index contributed by atoms with van der Waals surface area (Å²) in [5.74, 6) is 0.0467. The van der Waals surface area contributed by atoms with Gasteiger partial charge < -0.3 is 4.90 Å². The van der Waals surface area contributed by atoms with Gasteiger partial charge >= 0.3 is 0 Å². The molecule has 1 saturated heterocycles. The van der Waals surface area contributed by atoms with Crippen LogP contribution in [0.1, 0.15) is 41.2 Å². The first-order valence-electron chi connectivity index (χ1n) is 9.87. The Labute approximate surface area is 172 Å². The van der Waals surface area contributed by atoms with Crippen molar-refractivity contribution in [3.8, 4) is 11.3 Å². The maximum absolute atomic E-state index is 13.7. The third-order valence-electron chi connectivity index (χ3n) is 5.45. The summed E-state index contributed by atoms with van der Waals surface area (Å²) in [4.78, 5) is 24.9. The first kappa shape index (κ1) is 18.0. The molecular formula is C22H21N5OS. The smallest absolute Gasteiger partial charge is 0.255 e. The molecule has 1 atom stereocenters. The van der Waals surface area contributed by atoms with E-state index in [4.69, 9.17) is 4.98 Å². The number of fused-ring (bicyclic) bond motifs is 1. The normalized spacial score (nSPS) is 16.6. The van der Waals surface area contributed by atoms with Crippen LogP contribution in [0.4, 0.5) is 0 Å². The molecule has 3 aromatic heterocycles. The largest absolute Gasteiger partial charge is 0.329 e. The summed E-state index contributed by atoms with van der Waals surface area (Å²) < 4.78 is 1.87. The Kier molecular flexibility index (Phi) is 4.60. The Hall–Kier alpha value is -3.06. The summed E-state index contributed by atoms with van der Waals surface area (Å²) >= 11 is 1.62. The number of para-hydroxylation sites is 1. The number of aromatic nitrogens is 4. The number of pyridine rings is 1. The maximum Gasteiger partial charge on any atom is 0.255 e. The van der Waals surface area contributed by atoms with Crippen LogP contribution in [0.2, 0.25) is 0 Å². The van der Waals surface area contributed by atoms with E-state index in [-0.39, 0.29) is 11.9 Å². The molecule has 0 bridgehead atoms. The number of thiazole rings is 1. The van der Waals surface area contributed by atoms with Crippen LogP contribution in [0.3, 0.4) is 0 Å². The number of carbonyl (C=O) groups is 1. The third kappa shape index (κ3) is 3.21. The van der Waals surface area contributed by atoms with E-state index in [0.717, 1.165) is 53.1 Å². The molecule has 0 N–H and O–H groups in total. The topological polar surface area (TPSA) is 63.9 Å². The lowest BCUT2D eigenvalue weighted by atomic mass is 10.0. The number of nitrogens with zero attached hydrogens (tertiary/aromatic N) is 5. The molecule has 0 spiro atoms. The lowest BCUT2D eigenvalue weighted by Gasteiger charge is -2.24. The van der Waals surface area contributed by atoms with Crippen molar-refractivity contribution >= 4 is 28.1 Å². The van der Waals surface area contributed by atoms with Crippen LogP contribution in [-0.4, -0.2) is 37.1 Å². The summed E-state index contributed by atoms with van der Waals surface area (Å²) in [5, 5.41) is 8.23. The molecule has 1 aromatic carbocycles. The Bertz CT molecular complexity index is 1170. The summed E-state index contributed by atoms with van der Waals surface area (Å²) in [6.07, 6.45) is 7.54. The molecule has 5 rings (SSSR count). The summed E-state index contributed by atoms with van der Waals surface area (Å²) in [6.45, 7) is 3.59. The van der Waals surface area contributed by atoms with Gasteiger partial charge in [-0.25, -0.2) is 9.97 Å². The van der Waals surface area contributed by atoms with E-state index < -0.39 is 0 Å². The summed E-state index contributed by atoms with van der Waals surface area (Å²) in [7, 11) is 0. The van der Waals surface area contributed by atoms with Gasteiger partial charge in [-0.1, -0.05) is 18.2 Å². The van der Waals surface area contributed by atoms with E-state index in [1.807, 2.05) is 70.8 Å². The zero-order valence-corrected chi connectivity index (χ0v) is 17.0. The zero-order valence-electron chi connectivity index (χ0n) is 16.2. The number of aryl methyl sites for hydroxylation is 1. The van der Waals surface area contributed by atoms with Crippen molar-refractivity contribution in [3.63, 3.8) is 0 Å². The summed E-state index contributed by atoms with van der Waals surface area (Å²) in [5.41, 5.74) is 3.21. The van der Waals surface area contributed by atoms with Gasteiger partial charge in [-0.15, -0.1) is 11.3 Å². The average molecular weight is 404 g/mol. The Morgan fingerprint density at radius 3 is 3.00 bits per heavy atom. The number of hydrogen-bond acceptors (Lipinski definition) is 5. The molecule has 0 radical (unpaired) electrons. The van der Waals surface area contributed by atoms with Gasteiger partial charge in [-0.2, -0.15) is 5.10 Å². The van der Waals surface area contributed by atoms with Crippen LogP contribution < -0.4 is 0 Å². The van der Waals surface area contributed by atoms with Gasteiger partial charge in [0.1, 0.15) is 5.01 Å². The van der Waals surface area contributed by atoms with Crippen molar-refractivity contribution in [2.75, 3.05) is 6.54 Å². The van der Waals surface area contributed by atoms with Crippen molar-refractivity contribution in [3.05, 3.63) is 64.9 Å². The Balaban J connectivity index is 1.60. The van der Waals surface area contributed by atoms with Gasteiger partial charge in [-0.05, 0) is 31.9 Å². The fourth-order valence-corrected chi connectivity index (χ4v) is 4.77. The molecule has 1 amide bonds. The van der Waals surface area contributed by atoms with Gasteiger partial charge in [0.25, 0.3) is 5.91 Å². The molecule has 29 heavy (non-hydrogen) atoms. The lowest BCUT2D eigenvalue weighted by molar-refractivity contribution is 0.0737. The minimum absolute atomic E-state index is 0.0467. The predicted octanol–water partition coefficient (Wildman–Crippen LogP) is 4.55. The highest BCUT2D eigenvalue weighted by molar-refractivity contribution is 7.09. The molecule has 6 nitrogen and oxygen atoms in total. The number of likely N-dealkylation sites (tertiary alicyclic amines) is 1. The van der Waals surface area contributed by atoms with Crippen molar-refractivity contribution in [1.29, 1.82) is 0 Å².